The SMILES string of the molecule is CCCCNC(=O)C(CC)N(Cc1ccc(Cl)cc1)C(=O)CN(c1ccc(C(C)(C)C)cc1)S(C)(=O)=O. The van der Waals surface area contributed by atoms with Gasteiger partial charge in [0.15, 0.2) is 0 Å². The van der Waals surface area contributed by atoms with Crippen molar-refractivity contribution in [2.75, 3.05) is 23.7 Å². The Morgan fingerprint density at radius 1 is 1.00 bits per heavy atom. The molecule has 0 heterocycles. The molecule has 1 N–H and O–H groups in total. The number of anilines is 1. The van der Waals surface area contributed by atoms with Crippen molar-refractivity contribution >= 4 is 39.1 Å². The molecule has 0 aliphatic rings. The van der Waals surface area contributed by atoms with E-state index in [-0.39, 0.29) is 17.9 Å². The average Bonchev–Trinajstić information content (AvgIpc) is 2.82. The molecule has 0 saturated carbocycles. The van der Waals surface area contributed by atoms with Gasteiger partial charge < -0.3 is 10.2 Å². The molecule has 1 unspecified atom stereocenters. The standard InChI is InChI=1S/C28H40ClN3O4S/c1-7-9-18-30-27(34)25(8-2)31(19-21-10-14-23(29)15-11-21)26(33)20-32(37(6,35)36)24-16-12-22(13-17-24)28(3,4)5/h10-17,25H,7-9,18-20H2,1-6H3,(H,30,34). The zero-order valence-electron chi connectivity index (χ0n) is 22.8. The molecule has 0 aliphatic carbocycles. The first-order valence-corrected chi connectivity index (χ1v) is 14.9. The van der Waals surface area contributed by atoms with Crippen molar-refractivity contribution in [3.8, 4) is 0 Å². The lowest BCUT2D eigenvalue weighted by molar-refractivity contribution is -0.140. The van der Waals surface area contributed by atoms with Gasteiger partial charge in [-0.3, -0.25) is 13.9 Å². The highest BCUT2D eigenvalue weighted by Gasteiger charge is 2.31. The zero-order chi connectivity index (χ0) is 27.8. The van der Waals surface area contributed by atoms with Crippen LogP contribution in [0.2, 0.25) is 5.02 Å². The van der Waals surface area contributed by atoms with Gasteiger partial charge in [-0.15, -0.1) is 0 Å². The Bertz CT molecular complexity index is 1140. The number of benzene rings is 2. The van der Waals surface area contributed by atoms with Gasteiger partial charge >= 0.3 is 0 Å². The number of hydrogen-bond acceptors (Lipinski definition) is 4. The molecule has 7 nitrogen and oxygen atoms in total. The van der Waals surface area contributed by atoms with Crippen LogP contribution in [0.15, 0.2) is 48.5 Å². The second-order valence-electron chi connectivity index (χ2n) is 10.3. The van der Waals surface area contributed by atoms with Crippen LogP contribution in [0.4, 0.5) is 5.69 Å². The second kappa shape index (κ2) is 13.3. The van der Waals surface area contributed by atoms with E-state index in [1.807, 2.05) is 26.0 Å². The van der Waals surface area contributed by atoms with Gasteiger partial charge in [0.05, 0.1) is 11.9 Å². The highest BCUT2D eigenvalue weighted by Crippen LogP contribution is 2.26. The topological polar surface area (TPSA) is 86.8 Å². The van der Waals surface area contributed by atoms with Crippen LogP contribution in [0.3, 0.4) is 0 Å². The van der Waals surface area contributed by atoms with Crippen molar-refractivity contribution in [3.05, 3.63) is 64.7 Å². The molecule has 2 rings (SSSR count). The minimum Gasteiger partial charge on any atom is -0.354 e. The Balaban J connectivity index is 2.40. The molecule has 0 aromatic heterocycles. The summed E-state index contributed by atoms with van der Waals surface area (Å²) in [7, 11) is -3.78. The summed E-state index contributed by atoms with van der Waals surface area (Å²) >= 11 is 6.03. The quantitative estimate of drug-likeness (QED) is 0.372. The van der Waals surface area contributed by atoms with Crippen molar-refractivity contribution in [2.24, 2.45) is 0 Å². The number of halogens is 1. The third-order valence-corrected chi connectivity index (χ3v) is 7.57. The van der Waals surface area contributed by atoms with E-state index >= 15 is 0 Å². The number of carbonyl (C=O) groups is 2. The van der Waals surface area contributed by atoms with E-state index in [0.29, 0.717) is 23.7 Å². The van der Waals surface area contributed by atoms with E-state index in [9.17, 15) is 18.0 Å². The Morgan fingerprint density at radius 3 is 2.08 bits per heavy atom. The van der Waals surface area contributed by atoms with Gasteiger partial charge in [-0.1, -0.05) is 76.9 Å². The molecule has 0 fully saturated rings. The monoisotopic (exact) mass is 549 g/mol. The number of hydrogen-bond donors (Lipinski definition) is 1. The first-order valence-electron chi connectivity index (χ1n) is 12.7. The van der Waals surface area contributed by atoms with Gasteiger partial charge in [0.25, 0.3) is 0 Å². The number of amides is 2. The lowest BCUT2D eigenvalue weighted by atomic mass is 9.87. The fourth-order valence-electron chi connectivity index (χ4n) is 3.95. The summed E-state index contributed by atoms with van der Waals surface area (Å²) in [4.78, 5) is 28.2. The lowest BCUT2D eigenvalue weighted by Crippen LogP contribution is -2.52. The number of sulfonamides is 1. The van der Waals surface area contributed by atoms with Crippen LogP contribution in [-0.2, 0) is 31.6 Å². The van der Waals surface area contributed by atoms with Crippen molar-refractivity contribution in [3.63, 3.8) is 0 Å². The van der Waals surface area contributed by atoms with Crippen LogP contribution < -0.4 is 9.62 Å². The summed E-state index contributed by atoms with van der Waals surface area (Å²) in [6.45, 7) is 10.3. The third kappa shape index (κ3) is 9.04. The van der Waals surface area contributed by atoms with Crippen molar-refractivity contribution < 1.29 is 18.0 Å². The van der Waals surface area contributed by atoms with Gasteiger partial charge in [0.1, 0.15) is 12.6 Å². The normalized spacial score (nSPS) is 12.6. The molecule has 2 amide bonds. The summed E-state index contributed by atoms with van der Waals surface area (Å²) in [5.41, 5.74) is 2.14. The number of rotatable bonds is 12. The fourth-order valence-corrected chi connectivity index (χ4v) is 4.93. The van der Waals surface area contributed by atoms with Gasteiger partial charge in [0.2, 0.25) is 21.8 Å². The van der Waals surface area contributed by atoms with Crippen LogP contribution in [0.1, 0.15) is 65.0 Å². The smallest absolute Gasteiger partial charge is 0.244 e. The summed E-state index contributed by atoms with van der Waals surface area (Å²) in [5, 5.41) is 3.48. The van der Waals surface area contributed by atoms with E-state index in [4.69, 9.17) is 11.6 Å². The van der Waals surface area contributed by atoms with E-state index < -0.39 is 28.5 Å². The molecule has 37 heavy (non-hydrogen) atoms. The summed E-state index contributed by atoms with van der Waals surface area (Å²) in [6, 6.07) is 13.5. The molecule has 1 atom stereocenters. The molecule has 2 aromatic rings. The van der Waals surface area contributed by atoms with E-state index in [1.54, 1.807) is 36.4 Å². The Hall–Kier alpha value is -2.58. The molecule has 2 aromatic carbocycles. The number of nitrogens with one attached hydrogen (secondary N) is 1. The van der Waals surface area contributed by atoms with Crippen LogP contribution >= 0.6 is 11.6 Å². The van der Waals surface area contributed by atoms with Crippen LogP contribution in [0.5, 0.6) is 0 Å². The molecular formula is C28H40ClN3O4S. The molecule has 9 heteroatoms. The highest BCUT2D eigenvalue weighted by atomic mass is 35.5. The number of unbranched alkanes of at least 4 members (excludes halogenated alkanes) is 1. The van der Waals surface area contributed by atoms with Crippen LogP contribution in [0, 0.1) is 0 Å². The summed E-state index contributed by atoms with van der Waals surface area (Å²) in [6.07, 6.45) is 3.23. The minimum atomic E-state index is -3.78. The van der Waals surface area contributed by atoms with Gasteiger partial charge in [-0.2, -0.15) is 0 Å². The molecule has 0 bridgehead atoms. The predicted molar refractivity (Wildman–Crippen MR) is 151 cm³/mol. The highest BCUT2D eigenvalue weighted by molar-refractivity contribution is 7.92. The number of carbonyl (C=O) groups excluding carboxylic acids is 2. The molecule has 204 valence electrons. The Kier molecular flexibility index (Phi) is 11.0. The Labute approximate surface area is 227 Å². The maximum absolute atomic E-state index is 13.7. The fraction of sp³-hybridized carbons (Fsp3) is 0.500. The summed E-state index contributed by atoms with van der Waals surface area (Å²) < 4.78 is 26.6. The maximum Gasteiger partial charge on any atom is 0.244 e. The van der Waals surface area contributed by atoms with Gasteiger partial charge in [0, 0.05) is 18.1 Å². The molecular weight excluding hydrogens is 510 g/mol. The van der Waals surface area contributed by atoms with E-state index in [1.165, 1.54) is 4.90 Å². The van der Waals surface area contributed by atoms with Gasteiger partial charge in [-0.05, 0) is 53.6 Å². The van der Waals surface area contributed by atoms with Crippen LogP contribution in [0.25, 0.3) is 0 Å². The molecule has 0 spiro atoms. The lowest BCUT2D eigenvalue weighted by Gasteiger charge is -2.33. The largest absolute Gasteiger partial charge is 0.354 e. The average molecular weight is 550 g/mol. The minimum absolute atomic E-state index is 0.0981. The van der Waals surface area contributed by atoms with Crippen molar-refractivity contribution in [1.29, 1.82) is 0 Å². The predicted octanol–water partition coefficient (Wildman–Crippen LogP) is 5.13. The number of nitrogens with zero attached hydrogens (tertiary/aromatic N) is 2. The Morgan fingerprint density at radius 2 is 1.59 bits per heavy atom. The maximum atomic E-state index is 13.7. The van der Waals surface area contributed by atoms with Crippen molar-refractivity contribution in [2.45, 2.75) is 71.9 Å². The van der Waals surface area contributed by atoms with Gasteiger partial charge in [-0.25, -0.2) is 8.42 Å². The molecule has 0 saturated heterocycles. The van der Waals surface area contributed by atoms with Crippen LogP contribution in [-0.4, -0.2) is 50.5 Å². The third-order valence-electron chi connectivity index (χ3n) is 6.18. The van der Waals surface area contributed by atoms with Crippen molar-refractivity contribution in [1.82, 2.24) is 10.2 Å². The first-order chi connectivity index (χ1) is 17.3. The summed E-state index contributed by atoms with van der Waals surface area (Å²) in [5.74, 6) is -0.712. The molecule has 0 radical (unpaired) electrons. The molecule has 0 aliphatic heterocycles. The van der Waals surface area contributed by atoms with E-state index in [2.05, 4.69) is 26.1 Å². The zero-order valence-corrected chi connectivity index (χ0v) is 24.3. The first kappa shape index (κ1) is 30.6. The van der Waals surface area contributed by atoms with E-state index in [0.717, 1.165) is 34.5 Å². The second-order valence-corrected chi connectivity index (χ2v) is 12.6.